The number of alkyl halides is 2. The maximum absolute atomic E-state index is 12.1. The molecule has 0 saturated heterocycles. The van der Waals surface area contributed by atoms with Crippen LogP contribution in [0.3, 0.4) is 0 Å². The molecule has 1 aromatic carbocycles. The molecular formula is C13H7F2N3O4. The number of fused-ring (bicyclic) bond motifs is 1. The van der Waals surface area contributed by atoms with Crippen molar-refractivity contribution in [2.24, 2.45) is 0 Å². The Hall–Kier alpha value is -3.10. The highest BCUT2D eigenvalue weighted by molar-refractivity contribution is 5.99. The minimum atomic E-state index is -3.00. The van der Waals surface area contributed by atoms with Gasteiger partial charge in [-0.15, -0.1) is 0 Å². The Labute approximate surface area is 120 Å². The lowest BCUT2D eigenvalue weighted by molar-refractivity contribution is -0.0530. The first-order valence-electron chi connectivity index (χ1n) is 5.96. The summed E-state index contributed by atoms with van der Waals surface area (Å²) in [4.78, 5) is 32.3. The van der Waals surface area contributed by atoms with Crippen molar-refractivity contribution in [3.63, 3.8) is 0 Å². The second kappa shape index (κ2) is 5.35. The number of aldehydes is 1. The molecule has 0 fully saturated rings. The first kappa shape index (κ1) is 13.9. The lowest BCUT2D eigenvalue weighted by atomic mass is 10.1. The van der Waals surface area contributed by atoms with Crippen LogP contribution in [0.25, 0.3) is 22.4 Å². The largest absolute Gasteiger partial charge is 0.417 e. The lowest BCUT2D eigenvalue weighted by Crippen LogP contribution is -2.04. The normalized spacial score (nSPS) is 11.0. The third kappa shape index (κ3) is 2.43. The Bertz CT molecular complexity index is 886. The smallest absolute Gasteiger partial charge is 0.415 e. The van der Waals surface area contributed by atoms with E-state index in [1.165, 1.54) is 18.3 Å². The van der Waals surface area contributed by atoms with Crippen LogP contribution in [-0.2, 0) is 0 Å². The molecule has 22 heavy (non-hydrogen) atoms. The number of aromatic nitrogens is 3. The zero-order chi connectivity index (χ0) is 15.7. The molecule has 0 aliphatic heterocycles. The van der Waals surface area contributed by atoms with Gasteiger partial charge < -0.3 is 9.15 Å². The molecule has 0 spiro atoms. The van der Waals surface area contributed by atoms with E-state index in [1.54, 1.807) is 0 Å². The maximum Gasteiger partial charge on any atom is 0.417 e. The number of nitrogens with one attached hydrogen (secondary N) is 1. The number of H-pyrrole nitrogens is 1. The van der Waals surface area contributed by atoms with Crippen LogP contribution in [-0.4, -0.2) is 27.8 Å². The van der Waals surface area contributed by atoms with Crippen LogP contribution in [0.5, 0.6) is 5.88 Å². The molecule has 2 heterocycles. The summed E-state index contributed by atoms with van der Waals surface area (Å²) in [5.74, 6) is -1.06. The molecule has 0 unspecified atom stereocenters. The van der Waals surface area contributed by atoms with E-state index in [4.69, 9.17) is 4.42 Å². The number of hydrogen-bond acceptors (Lipinski definition) is 6. The summed E-state index contributed by atoms with van der Waals surface area (Å²) in [6.07, 6.45) is 2.79. The van der Waals surface area contributed by atoms with Crippen LogP contribution < -0.4 is 10.5 Å². The van der Waals surface area contributed by atoms with E-state index in [-0.39, 0.29) is 28.2 Å². The zero-order valence-corrected chi connectivity index (χ0v) is 10.7. The van der Waals surface area contributed by atoms with Gasteiger partial charge in [-0.2, -0.15) is 8.78 Å². The van der Waals surface area contributed by atoms with Gasteiger partial charge in [-0.25, -0.2) is 14.8 Å². The molecule has 0 aliphatic rings. The minimum Gasteiger partial charge on any atom is -0.415 e. The average molecular weight is 307 g/mol. The Morgan fingerprint density at radius 3 is 2.73 bits per heavy atom. The molecule has 2 aromatic heterocycles. The molecule has 3 rings (SSSR count). The molecule has 112 valence electrons. The van der Waals surface area contributed by atoms with Crippen molar-refractivity contribution in [3.8, 4) is 17.1 Å². The number of carbonyl (C=O) groups is 1. The molecule has 9 heteroatoms. The van der Waals surface area contributed by atoms with Crippen LogP contribution in [0, 0.1) is 0 Å². The summed E-state index contributed by atoms with van der Waals surface area (Å²) in [5.41, 5.74) is 1.26. The topological polar surface area (TPSA) is 98.1 Å². The summed E-state index contributed by atoms with van der Waals surface area (Å²) in [7, 11) is 0. The molecule has 0 bridgehead atoms. The van der Waals surface area contributed by atoms with E-state index in [0.29, 0.717) is 11.8 Å². The summed E-state index contributed by atoms with van der Waals surface area (Å²) in [6, 6.07) is 2.99. The standard InChI is InChI=1S/C13H7F2N3O4/c14-12(15)21-9-4-16-8(3-17-9)7-2-1-6(5-19)10-11(7)22-13(20)18-10/h1-5,12H,(H,18,20). The number of halogens is 2. The molecule has 3 aromatic rings. The molecule has 7 nitrogen and oxygen atoms in total. The molecular weight excluding hydrogens is 300 g/mol. The van der Waals surface area contributed by atoms with Crippen LogP contribution in [0.4, 0.5) is 8.78 Å². The molecule has 0 radical (unpaired) electrons. The minimum absolute atomic E-state index is 0.131. The second-order valence-corrected chi connectivity index (χ2v) is 4.16. The monoisotopic (exact) mass is 307 g/mol. The van der Waals surface area contributed by atoms with Gasteiger partial charge in [0.1, 0.15) is 0 Å². The number of benzene rings is 1. The summed E-state index contributed by atoms with van der Waals surface area (Å²) in [6.45, 7) is -3.00. The van der Waals surface area contributed by atoms with Gasteiger partial charge in [0.2, 0.25) is 5.88 Å². The van der Waals surface area contributed by atoms with E-state index < -0.39 is 12.4 Å². The fourth-order valence-electron chi connectivity index (χ4n) is 1.96. The Morgan fingerprint density at radius 2 is 2.09 bits per heavy atom. The van der Waals surface area contributed by atoms with Crippen molar-refractivity contribution in [2.75, 3.05) is 0 Å². The highest BCUT2D eigenvalue weighted by Crippen LogP contribution is 2.27. The van der Waals surface area contributed by atoms with Gasteiger partial charge in [0.15, 0.2) is 11.9 Å². The Morgan fingerprint density at radius 1 is 1.27 bits per heavy atom. The summed E-state index contributed by atoms with van der Waals surface area (Å²) >= 11 is 0. The van der Waals surface area contributed by atoms with Crippen LogP contribution in [0.1, 0.15) is 10.4 Å². The third-order valence-corrected chi connectivity index (χ3v) is 2.85. The van der Waals surface area contributed by atoms with Gasteiger partial charge in [-0.1, -0.05) is 0 Å². The first-order valence-corrected chi connectivity index (χ1v) is 5.96. The fourth-order valence-corrected chi connectivity index (χ4v) is 1.96. The maximum atomic E-state index is 12.1. The number of nitrogens with zero attached hydrogens (tertiary/aromatic N) is 2. The van der Waals surface area contributed by atoms with Gasteiger partial charge in [0.25, 0.3) is 0 Å². The number of carbonyl (C=O) groups excluding carboxylic acids is 1. The van der Waals surface area contributed by atoms with Crippen LogP contribution >= 0.6 is 0 Å². The highest BCUT2D eigenvalue weighted by Gasteiger charge is 2.14. The third-order valence-electron chi connectivity index (χ3n) is 2.85. The van der Waals surface area contributed by atoms with E-state index in [2.05, 4.69) is 19.7 Å². The second-order valence-electron chi connectivity index (χ2n) is 4.16. The molecule has 0 atom stereocenters. The van der Waals surface area contributed by atoms with E-state index in [9.17, 15) is 18.4 Å². The van der Waals surface area contributed by atoms with Crippen LogP contribution in [0.2, 0.25) is 0 Å². The van der Waals surface area contributed by atoms with Crippen LogP contribution in [0.15, 0.2) is 33.7 Å². The molecule has 0 aliphatic carbocycles. The highest BCUT2D eigenvalue weighted by atomic mass is 19.3. The number of oxazole rings is 1. The van der Waals surface area contributed by atoms with Gasteiger partial charge in [-0.3, -0.25) is 9.78 Å². The zero-order valence-electron chi connectivity index (χ0n) is 10.7. The predicted octanol–water partition coefficient (Wildman–Crippen LogP) is 1.99. The molecule has 1 N–H and O–H groups in total. The van der Waals surface area contributed by atoms with Crippen molar-refractivity contribution < 1.29 is 22.7 Å². The Kier molecular flexibility index (Phi) is 3.37. The first-order chi connectivity index (χ1) is 10.6. The van der Waals surface area contributed by atoms with Crippen molar-refractivity contribution >= 4 is 17.4 Å². The number of rotatable bonds is 4. The quantitative estimate of drug-likeness (QED) is 0.740. The lowest BCUT2D eigenvalue weighted by Gasteiger charge is -2.05. The van der Waals surface area contributed by atoms with Gasteiger partial charge in [0, 0.05) is 11.1 Å². The van der Waals surface area contributed by atoms with Gasteiger partial charge in [0.05, 0.1) is 23.6 Å². The van der Waals surface area contributed by atoms with E-state index in [0.717, 1.165) is 6.20 Å². The average Bonchev–Trinajstić information content (AvgIpc) is 2.88. The van der Waals surface area contributed by atoms with Crippen molar-refractivity contribution in [1.82, 2.24) is 15.0 Å². The number of hydrogen-bond donors (Lipinski definition) is 1. The van der Waals surface area contributed by atoms with E-state index in [1.807, 2.05) is 0 Å². The van der Waals surface area contributed by atoms with Gasteiger partial charge >= 0.3 is 12.4 Å². The molecule has 0 saturated carbocycles. The fraction of sp³-hybridized carbons (Fsp3) is 0.0769. The van der Waals surface area contributed by atoms with Gasteiger partial charge in [-0.05, 0) is 12.1 Å². The van der Waals surface area contributed by atoms with Crippen molar-refractivity contribution in [3.05, 3.63) is 40.6 Å². The number of aromatic amines is 1. The summed E-state index contributed by atoms with van der Waals surface area (Å²) in [5, 5.41) is 0. The van der Waals surface area contributed by atoms with Crippen molar-refractivity contribution in [1.29, 1.82) is 0 Å². The Balaban J connectivity index is 2.10. The van der Waals surface area contributed by atoms with E-state index >= 15 is 0 Å². The molecule has 0 amide bonds. The SMILES string of the molecule is O=Cc1ccc(-c2cnc(OC(F)F)cn2)c2oc(=O)[nH]c12. The number of ether oxygens (including phenoxy) is 1. The predicted molar refractivity (Wildman–Crippen MR) is 69.9 cm³/mol. The summed E-state index contributed by atoms with van der Waals surface area (Å²) < 4.78 is 33.2. The van der Waals surface area contributed by atoms with Crippen molar-refractivity contribution in [2.45, 2.75) is 6.61 Å².